The lowest BCUT2D eigenvalue weighted by Crippen LogP contribution is -2.27. The third-order valence-corrected chi connectivity index (χ3v) is 2.25. The highest BCUT2D eigenvalue weighted by atomic mass is 16.5. The molecule has 3 heteroatoms. The Kier molecular flexibility index (Phi) is 5.40. The van der Waals surface area contributed by atoms with Crippen LogP contribution >= 0.6 is 0 Å². The molecule has 0 saturated heterocycles. The topological polar surface area (TPSA) is 38.3 Å². The minimum atomic E-state index is 0.0934. The van der Waals surface area contributed by atoms with E-state index in [2.05, 4.69) is 5.32 Å². The summed E-state index contributed by atoms with van der Waals surface area (Å²) in [6, 6.07) is 7.86. The van der Waals surface area contributed by atoms with Gasteiger partial charge in [-0.1, -0.05) is 25.1 Å². The van der Waals surface area contributed by atoms with E-state index < -0.39 is 0 Å². The predicted octanol–water partition coefficient (Wildman–Crippen LogP) is 2.29. The van der Waals surface area contributed by atoms with Crippen LogP contribution in [0.2, 0.25) is 0 Å². The molecule has 1 aromatic carbocycles. The highest BCUT2D eigenvalue weighted by Gasteiger charge is 1.99. The standard InChI is InChI=1S/C13H19NO2/c1-3-6-13(15)14-9-10-16-12-8-5-4-7-11(12)2/h4-5,7-8H,3,6,9-10H2,1-2H3,(H,14,15). The number of rotatable bonds is 6. The van der Waals surface area contributed by atoms with E-state index in [9.17, 15) is 4.79 Å². The zero-order chi connectivity index (χ0) is 11.8. The SMILES string of the molecule is CCCC(=O)NCCOc1ccccc1C. The Morgan fingerprint density at radius 3 is 2.81 bits per heavy atom. The average Bonchev–Trinajstić information content (AvgIpc) is 2.27. The van der Waals surface area contributed by atoms with Crippen LogP contribution in [0.15, 0.2) is 24.3 Å². The number of nitrogens with one attached hydrogen (secondary N) is 1. The van der Waals surface area contributed by atoms with Crippen molar-refractivity contribution in [3.63, 3.8) is 0 Å². The summed E-state index contributed by atoms with van der Waals surface area (Å²) in [5.41, 5.74) is 1.11. The second kappa shape index (κ2) is 6.88. The van der Waals surface area contributed by atoms with Crippen LogP contribution in [0.5, 0.6) is 5.75 Å². The molecule has 0 saturated carbocycles. The number of carbonyl (C=O) groups is 1. The zero-order valence-corrected chi connectivity index (χ0v) is 9.95. The largest absolute Gasteiger partial charge is 0.491 e. The Bertz CT molecular complexity index is 336. The van der Waals surface area contributed by atoms with Gasteiger partial charge in [-0.2, -0.15) is 0 Å². The van der Waals surface area contributed by atoms with Crippen LogP contribution in [-0.2, 0) is 4.79 Å². The van der Waals surface area contributed by atoms with Gasteiger partial charge in [0, 0.05) is 6.42 Å². The molecule has 0 radical (unpaired) electrons. The molecular formula is C13H19NO2. The molecule has 1 amide bonds. The summed E-state index contributed by atoms with van der Waals surface area (Å²) in [6.07, 6.45) is 1.47. The second-order valence-corrected chi connectivity index (χ2v) is 3.71. The maximum atomic E-state index is 11.2. The normalized spacial score (nSPS) is 9.88. The van der Waals surface area contributed by atoms with Gasteiger partial charge in [0.15, 0.2) is 0 Å². The van der Waals surface area contributed by atoms with Crippen molar-refractivity contribution in [1.82, 2.24) is 5.32 Å². The molecule has 0 spiro atoms. The lowest BCUT2D eigenvalue weighted by Gasteiger charge is -2.09. The summed E-state index contributed by atoms with van der Waals surface area (Å²) in [5, 5.41) is 2.81. The van der Waals surface area contributed by atoms with Crippen molar-refractivity contribution >= 4 is 5.91 Å². The van der Waals surface area contributed by atoms with Crippen LogP contribution < -0.4 is 10.1 Å². The molecule has 1 aromatic rings. The van der Waals surface area contributed by atoms with Crippen LogP contribution in [-0.4, -0.2) is 19.1 Å². The second-order valence-electron chi connectivity index (χ2n) is 3.71. The van der Waals surface area contributed by atoms with Crippen molar-refractivity contribution in [1.29, 1.82) is 0 Å². The maximum Gasteiger partial charge on any atom is 0.220 e. The lowest BCUT2D eigenvalue weighted by molar-refractivity contribution is -0.121. The molecule has 0 aliphatic rings. The third kappa shape index (κ3) is 4.34. The number of benzene rings is 1. The Balaban J connectivity index is 2.21. The van der Waals surface area contributed by atoms with E-state index in [0.717, 1.165) is 17.7 Å². The molecule has 16 heavy (non-hydrogen) atoms. The van der Waals surface area contributed by atoms with Crippen LogP contribution in [0.4, 0.5) is 0 Å². The minimum Gasteiger partial charge on any atom is -0.491 e. The summed E-state index contributed by atoms with van der Waals surface area (Å²) in [6.45, 7) is 5.07. The van der Waals surface area contributed by atoms with E-state index in [-0.39, 0.29) is 5.91 Å². The van der Waals surface area contributed by atoms with Crippen LogP contribution in [0.1, 0.15) is 25.3 Å². The van der Waals surface area contributed by atoms with Crippen LogP contribution in [0, 0.1) is 6.92 Å². The van der Waals surface area contributed by atoms with Gasteiger partial charge in [-0.25, -0.2) is 0 Å². The van der Waals surface area contributed by atoms with Gasteiger partial charge in [0.1, 0.15) is 12.4 Å². The fourth-order valence-electron chi connectivity index (χ4n) is 1.39. The minimum absolute atomic E-state index is 0.0934. The van der Waals surface area contributed by atoms with Crippen LogP contribution in [0.3, 0.4) is 0 Å². The van der Waals surface area contributed by atoms with Crippen LogP contribution in [0.25, 0.3) is 0 Å². The van der Waals surface area contributed by atoms with E-state index in [1.54, 1.807) is 0 Å². The fourth-order valence-corrected chi connectivity index (χ4v) is 1.39. The zero-order valence-electron chi connectivity index (χ0n) is 9.95. The molecule has 0 fully saturated rings. The molecule has 1 N–H and O–H groups in total. The first-order valence-electron chi connectivity index (χ1n) is 5.69. The van der Waals surface area contributed by atoms with Gasteiger partial charge in [-0.3, -0.25) is 4.79 Å². The number of hydrogen-bond donors (Lipinski definition) is 1. The highest BCUT2D eigenvalue weighted by molar-refractivity contribution is 5.75. The molecule has 0 heterocycles. The van der Waals surface area contributed by atoms with Gasteiger partial charge in [-0.05, 0) is 25.0 Å². The summed E-state index contributed by atoms with van der Waals surface area (Å²) in [4.78, 5) is 11.2. The molecule has 88 valence electrons. The van der Waals surface area contributed by atoms with Gasteiger partial charge < -0.3 is 10.1 Å². The highest BCUT2D eigenvalue weighted by Crippen LogP contribution is 2.15. The smallest absolute Gasteiger partial charge is 0.220 e. The number of amides is 1. The number of ether oxygens (including phenoxy) is 1. The molecule has 3 nitrogen and oxygen atoms in total. The number of para-hydroxylation sites is 1. The lowest BCUT2D eigenvalue weighted by atomic mass is 10.2. The molecule has 1 rings (SSSR count). The van der Waals surface area contributed by atoms with E-state index >= 15 is 0 Å². The molecule has 0 unspecified atom stereocenters. The van der Waals surface area contributed by atoms with Crippen molar-refractivity contribution in [3.05, 3.63) is 29.8 Å². The molecule has 0 aliphatic carbocycles. The first kappa shape index (κ1) is 12.6. The third-order valence-electron chi connectivity index (χ3n) is 2.25. The first-order valence-corrected chi connectivity index (χ1v) is 5.69. The van der Waals surface area contributed by atoms with Crippen molar-refractivity contribution in [2.45, 2.75) is 26.7 Å². The fraction of sp³-hybridized carbons (Fsp3) is 0.462. The van der Waals surface area contributed by atoms with Crippen molar-refractivity contribution in [2.75, 3.05) is 13.2 Å². The monoisotopic (exact) mass is 221 g/mol. The Hall–Kier alpha value is -1.51. The van der Waals surface area contributed by atoms with Crippen molar-refractivity contribution in [2.24, 2.45) is 0 Å². The molecular weight excluding hydrogens is 202 g/mol. The summed E-state index contributed by atoms with van der Waals surface area (Å²) in [5.74, 6) is 0.975. The van der Waals surface area contributed by atoms with Gasteiger partial charge >= 0.3 is 0 Å². The molecule has 0 bridgehead atoms. The number of aryl methyl sites for hydroxylation is 1. The van der Waals surface area contributed by atoms with Crippen molar-refractivity contribution in [3.8, 4) is 5.75 Å². The van der Waals surface area contributed by atoms with Gasteiger partial charge in [-0.15, -0.1) is 0 Å². The van der Waals surface area contributed by atoms with Gasteiger partial charge in [0.25, 0.3) is 0 Å². The van der Waals surface area contributed by atoms with Gasteiger partial charge in [0.2, 0.25) is 5.91 Å². The Labute approximate surface area is 96.8 Å². The number of carbonyl (C=O) groups excluding carboxylic acids is 1. The van der Waals surface area contributed by atoms with E-state index in [1.807, 2.05) is 38.1 Å². The molecule has 0 aliphatic heterocycles. The van der Waals surface area contributed by atoms with E-state index in [0.29, 0.717) is 19.6 Å². The quantitative estimate of drug-likeness (QED) is 0.748. The summed E-state index contributed by atoms with van der Waals surface area (Å²) in [7, 11) is 0. The Morgan fingerprint density at radius 1 is 1.38 bits per heavy atom. The van der Waals surface area contributed by atoms with E-state index in [1.165, 1.54) is 0 Å². The summed E-state index contributed by atoms with van der Waals surface area (Å²) < 4.78 is 5.55. The number of hydrogen-bond acceptors (Lipinski definition) is 2. The summed E-state index contributed by atoms with van der Waals surface area (Å²) >= 11 is 0. The average molecular weight is 221 g/mol. The van der Waals surface area contributed by atoms with E-state index in [4.69, 9.17) is 4.74 Å². The molecule has 0 aromatic heterocycles. The van der Waals surface area contributed by atoms with Gasteiger partial charge in [0.05, 0.1) is 6.54 Å². The maximum absolute atomic E-state index is 11.2. The Morgan fingerprint density at radius 2 is 2.12 bits per heavy atom. The van der Waals surface area contributed by atoms with Crippen molar-refractivity contribution < 1.29 is 9.53 Å². The first-order chi connectivity index (χ1) is 7.74. The molecule has 0 atom stereocenters. The predicted molar refractivity (Wildman–Crippen MR) is 64.6 cm³/mol.